The van der Waals surface area contributed by atoms with Crippen molar-refractivity contribution in [1.29, 1.82) is 0 Å². The number of aliphatic hydroxyl groups excluding tert-OH is 2. The summed E-state index contributed by atoms with van der Waals surface area (Å²) in [4.78, 5) is 0. The first-order valence-corrected chi connectivity index (χ1v) is 5.53. The Balaban J connectivity index is 2.22. The highest BCUT2D eigenvalue weighted by atomic mass is 16.5. The molecule has 3 nitrogen and oxygen atoms in total. The van der Waals surface area contributed by atoms with Crippen molar-refractivity contribution in [2.24, 2.45) is 5.41 Å². The Morgan fingerprint density at radius 2 is 1.75 bits per heavy atom. The quantitative estimate of drug-likeness (QED) is 0.691. The molecule has 90 valence electrons. The molecular formula is C13H20O3. The largest absolute Gasteiger partial charge is 0.396 e. The van der Waals surface area contributed by atoms with Gasteiger partial charge in [-0.3, -0.25) is 0 Å². The molecule has 0 fully saturated rings. The summed E-state index contributed by atoms with van der Waals surface area (Å²) < 4.78 is 5.50. The van der Waals surface area contributed by atoms with Crippen LogP contribution in [0.5, 0.6) is 0 Å². The van der Waals surface area contributed by atoms with E-state index in [9.17, 15) is 0 Å². The molecule has 0 saturated heterocycles. The van der Waals surface area contributed by atoms with E-state index in [0.717, 1.165) is 5.56 Å². The molecule has 1 rings (SSSR count). The number of hydrogen-bond donors (Lipinski definition) is 2. The Labute approximate surface area is 96.7 Å². The number of ether oxygens (including phenoxy) is 1. The molecule has 0 aromatic heterocycles. The summed E-state index contributed by atoms with van der Waals surface area (Å²) in [5, 5.41) is 18.2. The molecule has 0 heterocycles. The van der Waals surface area contributed by atoms with Crippen LogP contribution in [0.15, 0.2) is 30.3 Å². The van der Waals surface area contributed by atoms with Gasteiger partial charge >= 0.3 is 0 Å². The van der Waals surface area contributed by atoms with E-state index in [1.807, 2.05) is 37.3 Å². The molecule has 1 aromatic carbocycles. The number of aliphatic hydroxyl groups is 2. The average Bonchev–Trinajstić information content (AvgIpc) is 2.36. The average molecular weight is 224 g/mol. The van der Waals surface area contributed by atoms with Crippen molar-refractivity contribution >= 4 is 0 Å². The lowest BCUT2D eigenvalue weighted by Crippen LogP contribution is -2.27. The molecule has 0 aliphatic rings. The van der Waals surface area contributed by atoms with Gasteiger partial charge in [0, 0.05) is 12.0 Å². The molecule has 0 unspecified atom stereocenters. The van der Waals surface area contributed by atoms with E-state index in [-0.39, 0.29) is 13.2 Å². The zero-order valence-corrected chi connectivity index (χ0v) is 9.72. The second-order valence-electron chi connectivity index (χ2n) is 4.42. The van der Waals surface area contributed by atoms with Crippen molar-refractivity contribution in [3.8, 4) is 0 Å². The lowest BCUT2D eigenvalue weighted by atomic mass is 9.89. The normalized spacial score (nSPS) is 11.7. The topological polar surface area (TPSA) is 49.7 Å². The Bertz CT molecular complexity index is 280. The summed E-state index contributed by atoms with van der Waals surface area (Å²) >= 11 is 0. The van der Waals surface area contributed by atoms with Gasteiger partial charge in [0.1, 0.15) is 0 Å². The van der Waals surface area contributed by atoms with Crippen LogP contribution in [-0.2, 0) is 11.3 Å². The highest BCUT2D eigenvalue weighted by Crippen LogP contribution is 2.19. The second kappa shape index (κ2) is 6.63. The first-order chi connectivity index (χ1) is 7.70. The predicted octanol–water partition coefficient (Wildman–Crippen LogP) is 1.58. The summed E-state index contributed by atoms with van der Waals surface area (Å²) in [6, 6.07) is 9.95. The predicted molar refractivity (Wildman–Crippen MR) is 63.0 cm³/mol. The zero-order valence-electron chi connectivity index (χ0n) is 9.72. The molecule has 0 bridgehead atoms. The molecule has 1 aromatic rings. The molecular weight excluding hydrogens is 204 g/mol. The fraction of sp³-hybridized carbons (Fsp3) is 0.538. The summed E-state index contributed by atoms with van der Waals surface area (Å²) in [6.07, 6.45) is 0.660. The Morgan fingerprint density at radius 3 is 2.31 bits per heavy atom. The van der Waals surface area contributed by atoms with Crippen molar-refractivity contribution in [2.75, 3.05) is 19.8 Å². The Hall–Kier alpha value is -0.900. The third-order valence-corrected chi connectivity index (χ3v) is 2.72. The van der Waals surface area contributed by atoms with Crippen molar-refractivity contribution in [3.05, 3.63) is 35.9 Å². The van der Waals surface area contributed by atoms with Gasteiger partial charge in [0.2, 0.25) is 0 Å². The van der Waals surface area contributed by atoms with Crippen LogP contribution in [0.25, 0.3) is 0 Å². The summed E-state index contributed by atoms with van der Waals surface area (Å²) in [5.74, 6) is 0. The maximum atomic E-state index is 9.09. The van der Waals surface area contributed by atoms with Gasteiger partial charge in [-0.25, -0.2) is 0 Å². The highest BCUT2D eigenvalue weighted by molar-refractivity contribution is 5.13. The lowest BCUT2D eigenvalue weighted by Gasteiger charge is -2.24. The molecule has 0 radical (unpaired) electrons. The van der Waals surface area contributed by atoms with Gasteiger partial charge in [-0.15, -0.1) is 0 Å². The first kappa shape index (κ1) is 13.2. The van der Waals surface area contributed by atoms with Gasteiger partial charge in [-0.1, -0.05) is 37.3 Å². The standard InChI is InChI=1S/C13H20O3/c1-13(10-14,11-15)7-8-16-9-12-5-3-2-4-6-12/h2-6,14-15H,7-11H2,1H3. The first-order valence-electron chi connectivity index (χ1n) is 5.53. The molecule has 0 aliphatic heterocycles. The molecule has 3 heteroatoms. The van der Waals surface area contributed by atoms with Gasteiger partial charge in [-0.2, -0.15) is 0 Å². The van der Waals surface area contributed by atoms with Crippen LogP contribution in [0.4, 0.5) is 0 Å². The van der Waals surface area contributed by atoms with Crippen LogP contribution in [0.1, 0.15) is 18.9 Å². The third kappa shape index (κ3) is 4.31. The van der Waals surface area contributed by atoms with Gasteiger partial charge in [0.25, 0.3) is 0 Å². The molecule has 0 atom stereocenters. The maximum absolute atomic E-state index is 9.09. The van der Waals surface area contributed by atoms with Crippen molar-refractivity contribution in [3.63, 3.8) is 0 Å². The van der Waals surface area contributed by atoms with E-state index < -0.39 is 5.41 Å². The SMILES string of the molecule is CC(CO)(CO)CCOCc1ccccc1. The lowest BCUT2D eigenvalue weighted by molar-refractivity contribution is 0.0240. The van der Waals surface area contributed by atoms with Crippen LogP contribution >= 0.6 is 0 Å². The van der Waals surface area contributed by atoms with E-state index in [4.69, 9.17) is 14.9 Å². The fourth-order valence-electron chi connectivity index (χ4n) is 1.29. The molecule has 0 amide bonds. The minimum Gasteiger partial charge on any atom is -0.396 e. The highest BCUT2D eigenvalue weighted by Gasteiger charge is 2.21. The summed E-state index contributed by atoms with van der Waals surface area (Å²) in [5.41, 5.74) is 0.702. The summed E-state index contributed by atoms with van der Waals surface area (Å²) in [6.45, 7) is 2.94. The van der Waals surface area contributed by atoms with Gasteiger partial charge in [0.15, 0.2) is 0 Å². The second-order valence-corrected chi connectivity index (χ2v) is 4.42. The van der Waals surface area contributed by atoms with E-state index in [1.165, 1.54) is 0 Å². The Kier molecular flexibility index (Phi) is 5.46. The minimum atomic E-state index is -0.434. The van der Waals surface area contributed by atoms with Crippen LogP contribution in [0.2, 0.25) is 0 Å². The van der Waals surface area contributed by atoms with Crippen molar-refractivity contribution in [1.82, 2.24) is 0 Å². The van der Waals surface area contributed by atoms with E-state index in [1.54, 1.807) is 0 Å². The smallest absolute Gasteiger partial charge is 0.0716 e. The fourth-order valence-corrected chi connectivity index (χ4v) is 1.29. The molecule has 16 heavy (non-hydrogen) atoms. The van der Waals surface area contributed by atoms with Gasteiger partial charge in [-0.05, 0) is 12.0 Å². The molecule has 0 saturated carbocycles. The van der Waals surface area contributed by atoms with E-state index in [2.05, 4.69) is 0 Å². The van der Waals surface area contributed by atoms with E-state index in [0.29, 0.717) is 19.6 Å². The summed E-state index contributed by atoms with van der Waals surface area (Å²) in [7, 11) is 0. The van der Waals surface area contributed by atoms with Crippen molar-refractivity contribution < 1.29 is 14.9 Å². The minimum absolute atomic E-state index is 0.0157. The Morgan fingerprint density at radius 1 is 1.12 bits per heavy atom. The van der Waals surface area contributed by atoms with Crippen LogP contribution in [0.3, 0.4) is 0 Å². The van der Waals surface area contributed by atoms with Crippen LogP contribution in [-0.4, -0.2) is 30.0 Å². The zero-order chi connectivity index (χ0) is 11.9. The number of rotatable bonds is 7. The van der Waals surface area contributed by atoms with Gasteiger partial charge in [0.05, 0.1) is 19.8 Å². The monoisotopic (exact) mass is 224 g/mol. The number of benzene rings is 1. The van der Waals surface area contributed by atoms with Crippen LogP contribution in [0, 0.1) is 5.41 Å². The number of hydrogen-bond acceptors (Lipinski definition) is 3. The third-order valence-electron chi connectivity index (χ3n) is 2.72. The van der Waals surface area contributed by atoms with Gasteiger partial charge < -0.3 is 14.9 Å². The van der Waals surface area contributed by atoms with Crippen LogP contribution < -0.4 is 0 Å². The molecule has 0 aliphatic carbocycles. The maximum Gasteiger partial charge on any atom is 0.0716 e. The molecule has 2 N–H and O–H groups in total. The molecule has 0 spiro atoms. The van der Waals surface area contributed by atoms with Crippen molar-refractivity contribution in [2.45, 2.75) is 20.0 Å². The van der Waals surface area contributed by atoms with E-state index >= 15 is 0 Å².